The second-order valence-electron chi connectivity index (χ2n) is 3.67. The molecule has 0 fully saturated rings. The zero-order chi connectivity index (χ0) is 13.8. The summed E-state index contributed by atoms with van der Waals surface area (Å²) in [7, 11) is 0. The zero-order valence-electron chi connectivity index (χ0n) is 9.81. The first-order valence-electron chi connectivity index (χ1n) is 5.33. The molecule has 1 atom stereocenters. The molecule has 19 heavy (non-hydrogen) atoms. The van der Waals surface area contributed by atoms with E-state index >= 15 is 0 Å². The van der Waals surface area contributed by atoms with Gasteiger partial charge in [0.1, 0.15) is 17.9 Å². The number of halogens is 3. The minimum absolute atomic E-state index is 0.195. The number of nitrogens with one attached hydrogen (secondary N) is 1. The van der Waals surface area contributed by atoms with Crippen LogP contribution in [0.25, 0.3) is 0 Å². The van der Waals surface area contributed by atoms with Gasteiger partial charge in [-0.25, -0.2) is 9.37 Å². The molecular weight excluding hydrogens is 279 g/mol. The fraction of sp³-hybridized carbons (Fsp3) is 0.273. The highest BCUT2D eigenvalue weighted by Gasteiger charge is 2.16. The van der Waals surface area contributed by atoms with Crippen LogP contribution < -0.4 is 10.1 Å². The van der Waals surface area contributed by atoms with E-state index in [-0.39, 0.29) is 11.8 Å². The molecule has 8 heteroatoms. The molecule has 2 rings (SSSR count). The van der Waals surface area contributed by atoms with E-state index in [4.69, 9.17) is 0 Å². The van der Waals surface area contributed by atoms with Gasteiger partial charge >= 0.3 is 6.61 Å². The average Bonchev–Trinajstić information content (AvgIpc) is 2.80. The molecule has 0 aliphatic rings. The predicted molar refractivity (Wildman–Crippen MR) is 65.0 cm³/mol. The van der Waals surface area contributed by atoms with Gasteiger partial charge in [0.2, 0.25) is 5.13 Å². The van der Waals surface area contributed by atoms with Gasteiger partial charge in [0.25, 0.3) is 0 Å². The highest BCUT2D eigenvalue weighted by Crippen LogP contribution is 2.29. The standard InChI is InChI=1S/C11H10F3N3OS/c1-6(17-11-15-5-16-19-11)8-3-2-7(12)4-9(8)18-10(13)14/h2-6,10H,1H3,(H,15,16,17)/t6-/m1/s1. The lowest BCUT2D eigenvalue weighted by Gasteiger charge is -2.17. The molecule has 0 bridgehead atoms. The van der Waals surface area contributed by atoms with Crippen LogP contribution in [0.2, 0.25) is 0 Å². The van der Waals surface area contributed by atoms with E-state index in [0.29, 0.717) is 10.7 Å². The molecule has 4 nitrogen and oxygen atoms in total. The summed E-state index contributed by atoms with van der Waals surface area (Å²) in [5.41, 5.74) is 0.414. The Hall–Kier alpha value is -1.83. The Morgan fingerprint density at radius 1 is 1.37 bits per heavy atom. The number of rotatable bonds is 5. The third-order valence-corrected chi connectivity index (χ3v) is 2.96. The Labute approximate surface area is 111 Å². The molecule has 102 valence electrons. The Morgan fingerprint density at radius 2 is 2.16 bits per heavy atom. The fourth-order valence-electron chi connectivity index (χ4n) is 1.56. The highest BCUT2D eigenvalue weighted by atomic mass is 32.1. The van der Waals surface area contributed by atoms with Crippen molar-refractivity contribution in [3.05, 3.63) is 35.9 Å². The Morgan fingerprint density at radius 3 is 2.79 bits per heavy atom. The number of nitrogens with zero attached hydrogens (tertiary/aromatic N) is 2. The third kappa shape index (κ3) is 3.57. The van der Waals surface area contributed by atoms with Gasteiger partial charge in [-0.2, -0.15) is 13.2 Å². The van der Waals surface area contributed by atoms with Gasteiger partial charge in [-0.05, 0) is 13.0 Å². The molecule has 0 radical (unpaired) electrons. The van der Waals surface area contributed by atoms with Crippen molar-refractivity contribution < 1.29 is 17.9 Å². The number of aromatic nitrogens is 2. The molecular formula is C11H10F3N3OS. The van der Waals surface area contributed by atoms with Crippen molar-refractivity contribution in [3.8, 4) is 5.75 Å². The monoisotopic (exact) mass is 289 g/mol. The first-order chi connectivity index (χ1) is 9.06. The molecule has 1 heterocycles. The minimum atomic E-state index is -3.01. The quantitative estimate of drug-likeness (QED) is 0.915. The van der Waals surface area contributed by atoms with Crippen molar-refractivity contribution in [2.24, 2.45) is 0 Å². The maximum absolute atomic E-state index is 13.1. The Balaban J connectivity index is 2.22. The molecule has 0 unspecified atom stereocenters. The van der Waals surface area contributed by atoms with Crippen molar-refractivity contribution in [1.29, 1.82) is 0 Å². The number of hydrogen-bond donors (Lipinski definition) is 1. The van der Waals surface area contributed by atoms with Gasteiger partial charge in [-0.3, -0.25) is 0 Å². The van der Waals surface area contributed by atoms with Gasteiger partial charge in [0.15, 0.2) is 0 Å². The van der Waals surface area contributed by atoms with Gasteiger partial charge in [0, 0.05) is 23.2 Å². The van der Waals surface area contributed by atoms with Crippen LogP contribution in [0.4, 0.5) is 18.3 Å². The molecule has 0 saturated heterocycles. The number of ether oxygens (including phenoxy) is 1. The zero-order valence-corrected chi connectivity index (χ0v) is 10.6. The smallest absolute Gasteiger partial charge is 0.387 e. The summed E-state index contributed by atoms with van der Waals surface area (Å²) in [4.78, 5) is 3.92. The van der Waals surface area contributed by atoms with Crippen molar-refractivity contribution in [3.63, 3.8) is 0 Å². The van der Waals surface area contributed by atoms with Crippen LogP contribution in [-0.2, 0) is 0 Å². The number of hydrogen-bond acceptors (Lipinski definition) is 5. The molecule has 0 spiro atoms. The van der Waals surface area contributed by atoms with Crippen LogP contribution >= 0.6 is 11.5 Å². The van der Waals surface area contributed by atoms with E-state index in [1.165, 1.54) is 18.5 Å². The summed E-state index contributed by atoms with van der Waals surface area (Å²) in [6, 6.07) is 3.14. The lowest BCUT2D eigenvalue weighted by molar-refractivity contribution is -0.0506. The van der Waals surface area contributed by atoms with Crippen molar-refractivity contribution in [2.45, 2.75) is 19.6 Å². The third-order valence-electron chi connectivity index (χ3n) is 2.36. The van der Waals surface area contributed by atoms with Gasteiger partial charge in [-0.15, -0.1) is 0 Å². The summed E-state index contributed by atoms with van der Waals surface area (Å²) in [5, 5.41) is 3.51. The lowest BCUT2D eigenvalue weighted by atomic mass is 10.1. The Bertz CT molecular complexity index is 536. The molecule has 1 aromatic heterocycles. The first-order valence-corrected chi connectivity index (χ1v) is 6.11. The van der Waals surface area contributed by atoms with E-state index in [9.17, 15) is 13.2 Å². The van der Waals surface area contributed by atoms with E-state index in [2.05, 4.69) is 19.4 Å². The van der Waals surface area contributed by atoms with Crippen LogP contribution in [-0.4, -0.2) is 16.0 Å². The second-order valence-corrected chi connectivity index (χ2v) is 4.45. The van der Waals surface area contributed by atoms with Crippen molar-refractivity contribution in [2.75, 3.05) is 5.32 Å². The molecule has 1 N–H and O–H groups in total. The highest BCUT2D eigenvalue weighted by molar-refractivity contribution is 7.09. The topological polar surface area (TPSA) is 47.0 Å². The van der Waals surface area contributed by atoms with Crippen LogP contribution in [0, 0.1) is 5.82 Å². The number of benzene rings is 1. The van der Waals surface area contributed by atoms with Gasteiger partial charge < -0.3 is 10.1 Å². The molecule has 0 aliphatic carbocycles. The lowest BCUT2D eigenvalue weighted by Crippen LogP contribution is -2.11. The Kier molecular flexibility index (Phi) is 4.20. The van der Waals surface area contributed by atoms with E-state index in [1.54, 1.807) is 6.92 Å². The normalized spacial score (nSPS) is 12.5. The van der Waals surface area contributed by atoms with E-state index in [1.807, 2.05) is 0 Å². The van der Waals surface area contributed by atoms with E-state index < -0.39 is 12.4 Å². The second kappa shape index (κ2) is 5.87. The molecule has 2 aromatic rings. The number of alkyl halides is 2. The van der Waals surface area contributed by atoms with Crippen LogP contribution in [0.15, 0.2) is 24.5 Å². The average molecular weight is 289 g/mol. The summed E-state index contributed by atoms with van der Waals surface area (Å²) in [5.74, 6) is -0.831. The van der Waals surface area contributed by atoms with Gasteiger partial charge in [0.05, 0.1) is 6.04 Å². The number of anilines is 1. The van der Waals surface area contributed by atoms with Crippen molar-refractivity contribution >= 4 is 16.7 Å². The largest absolute Gasteiger partial charge is 0.434 e. The molecule has 0 aliphatic heterocycles. The van der Waals surface area contributed by atoms with Crippen LogP contribution in [0.3, 0.4) is 0 Å². The first kappa shape index (κ1) is 13.6. The van der Waals surface area contributed by atoms with Crippen LogP contribution in [0.1, 0.15) is 18.5 Å². The molecule has 0 saturated carbocycles. The minimum Gasteiger partial charge on any atom is -0.434 e. The molecule has 1 aromatic carbocycles. The molecule has 0 amide bonds. The maximum atomic E-state index is 13.1. The van der Waals surface area contributed by atoms with Crippen LogP contribution in [0.5, 0.6) is 5.75 Å². The summed E-state index contributed by atoms with van der Waals surface area (Å²) < 4.78 is 45.8. The maximum Gasteiger partial charge on any atom is 0.387 e. The predicted octanol–water partition coefficient (Wildman–Crippen LogP) is 3.45. The van der Waals surface area contributed by atoms with Crippen molar-refractivity contribution in [1.82, 2.24) is 9.36 Å². The van der Waals surface area contributed by atoms with Gasteiger partial charge in [-0.1, -0.05) is 6.07 Å². The summed E-state index contributed by atoms with van der Waals surface area (Å²) >= 11 is 1.13. The summed E-state index contributed by atoms with van der Waals surface area (Å²) in [6.07, 6.45) is 1.38. The van der Waals surface area contributed by atoms with E-state index in [0.717, 1.165) is 17.6 Å². The SMILES string of the molecule is C[C@@H](Nc1ncns1)c1ccc(F)cc1OC(F)F. The fourth-order valence-corrected chi connectivity index (χ4v) is 2.08. The summed E-state index contributed by atoms with van der Waals surface area (Å²) in [6.45, 7) is -1.28.